The summed E-state index contributed by atoms with van der Waals surface area (Å²) in [5.41, 5.74) is 0. The zero-order chi connectivity index (χ0) is 14.2. The number of methoxy groups -OCH3 is 1. The summed E-state index contributed by atoms with van der Waals surface area (Å²) < 4.78 is 35.1. The molecular formula is C9H18N2O6S. The molecule has 1 N–H and O–H groups in total. The molecule has 0 aliphatic carbocycles. The van der Waals surface area contributed by atoms with Gasteiger partial charge in [0.25, 0.3) is 10.2 Å². The lowest BCUT2D eigenvalue weighted by molar-refractivity contribution is -0.142. The van der Waals surface area contributed by atoms with E-state index in [2.05, 4.69) is 14.2 Å². The Kier molecular flexibility index (Phi) is 7.48. The lowest BCUT2D eigenvalue weighted by atomic mass is 10.4. The van der Waals surface area contributed by atoms with Gasteiger partial charge in [0.05, 0.1) is 20.1 Å². The summed E-state index contributed by atoms with van der Waals surface area (Å²) in [6, 6.07) is 0. The molecule has 106 valence electrons. The second kappa shape index (κ2) is 8.01. The van der Waals surface area contributed by atoms with Crippen LogP contribution in [0.25, 0.3) is 0 Å². The molecule has 0 rings (SSSR count). The first-order chi connectivity index (χ1) is 8.33. The van der Waals surface area contributed by atoms with Crippen LogP contribution in [0.4, 0.5) is 0 Å². The SMILES string of the molecule is CCOC(=O)CNS(=O)(=O)N(C)CCC(=O)OC. The first kappa shape index (κ1) is 16.8. The minimum Gasteiger partial charge on any atom is -0.469 e. The Morgan fingerprint density at radius 1 is 1.28 bits per heavy atom. The Balaban J connectivity index is 4.19. The number of nitrogens with one attached hydrogen (secondary N) is 1. The largest absolute Gasteiger partial charge is 0.469 e. The minimum absolute atomic E-state index is 0.0369. The topological polar surface area (TPSA) is 102 Å². The number of carbonyl (C=O) groups is 2. The summed E-state index contributed by atoms with van der Waals surface area (Å²) in [4.78, 5) is 21.8. The normalized spacial score (nSPS) is 11.3. The molecule has 0 heterocycles. The first-order valence-electron chi connectivity index (χ1n) is 5.26. The third-order valence-corrected chi connectivity index (χ3v) is 3.49. The van der Waals surface area contributed by atoms with E-state index in [1.54, 1.807) is 6.92 Å². The Bertz CT molecular complexity index is 381. The molecule has 0 aliphatic rings. The van der Waals surface area contributed by atoms with Crippen LogP contribution in [0.3, 0.4) is 0 Å². The monoisotopic (exact) mass is 282 g/mol. The van der Waals surface area contributed by atoms with Crippen LogP contribution < -0.4 is 4.72 Å². The number of esters is 2. The maximum Gasteiger partial charge on any atom is 0.321 e. The summed E-state index contributed by atoms with van der Waals surface area (Å²) in [5.74, 6) is -1.18. The fourth-order valence-corrected chi connectivity index (χ4v) is 1.80. The highest BCUT2D eigenvalue weighted by molar-refractivity contribution is 7.87. The molecular weight excluding hydrogens is 264 g/mol. The van der Waals surface area contributed by atoms with Crippen molar-refractivity contribution in [1.82, 2.24) is 9.03 Å². The zero-order valence-electron chi connectivity index (χ0n) is 10.6. The van der Waals surface area contributed by atoms with Gasteiger partial charge in [-0.25, -0.2) is 0 Å². The van der Waals surface area contributed by atoms with E-state index in [4.69, 9.17) is 0 Å². The molecule has 0 aromatic rings. The van der Waals surface area contributed by atoms with Crippen molar-refractivity contribution in [2.75, 3.05) is 33.9 Å². The standard InChI is InChI=1S/C9H18N2O6S/c1-4-17-9(13)7-10-18(14,15)11(2)6-5-8(12)16-3/h10H,4-7H2,1-3H3. The van der Waals surface area contributed by atoms with Gasteiger partial charge < -0.3 is 9.47 Å². The average Bonchev–Trinajstić information content (AvgIpc) is 2.33. The fraction of sp³-hybridized carbons (Fsp3) is 0.778. The van der Waals surface area contributed by atoms with Gasteiger partial charge in [-0.05, 0) is 6.92 Å². The molecule has 18 heavy (non-hydrogen) atoms. The molecule has 0 fully saturated rings. The van der Waals surface area contributed by atoms with Crippen molar-refractivity contribution in [2.45, 2.75) is 13.3 Å². The second-order valence-corrected chi connectivity index (χ2v) is 5.14. The first-order valence-corrected chi connectivity index (χ1v) is 6.70. The Morgan fingerprint density at radius 2 is 1.89 bits per heavy atom. The van der Waals surface area contributed by atoms with E-state index in [0.29, 0.717) is 0 Å². The molecule has 0 saturated heterocycles. The van der Waals surface area contributed by atoms with Gasteiger partial charge in [-0.2, -0.15) is 17.4 Å². The summed E-state index contributed by atoms with van der Waals surface area (Å²) in [6.45, 7) is 1.32. The quantitative estimate of drug-likeness (QED) is 0.566. The number of hydrogen-bond acceptors (Lipinski definition) is 6. The van der Waals surface area contributed by atoms with Crippen molar-refractivity contribution in [3.8, 4) is 0 Å². The maximum atomic E-state index is 11.6. The smallest absolute Gasteiger partial charge is 0.321 e. The van der Waals surface area contributed by atoms with Crippen LogP contribution in [-0.2, 0) is 29.3 Å². The third-order valence-electron chi connectivity index (χ3n) is 1.97. The van der Waals surface area contributed by atoms with E-state index in [1.165, 1.54) is 14.2 Å². The highest BCUT2D eigenvalue weighted by Gasteiger charge is 2.19. The molecule has 0 aliphatic heterocycles. The van der Waals surface area contributed by atoms with Gasteiger partial charge in [0, 0.05) is 13.6 Å². The Hall–Kier alpha value is -1.19. The Morgan fingerprint density at radius 3 is 2.39 bits per heavy atom. The van der Waals surface area contributed by atoms with Gasteiger partial charge in [0.15, 0.2) is 0 Å². The molecule has 9 heteroatoms. The number of nitrogens with zero attached hydrogens (tertiary/aromatic N) is 1. The van der Waals surface area contributed by atoms with Crippen LogP contribution in [0.5, 0.6) is 0 Å². The predicted molar refractivity (Wildman–Crippen MR) is 62.8 cm³/mol. The highest BCUT2D eigenvalue weighted by Crippen LogP contribution is 1.96. The third kappa shape index (κ3) is 6.52. The lowest BCUT2D eigenvalue weighted by Gasteiger charge is -2.16. The van der Waals surface area contributed by atoms with E-state index in [0.717, 1.165) is 4.31 Å². The zero-order valence-corrected chi connectivity index (χ0v) is 11.4. The van der Waals surface area contributed by atoms with E-state index < -0.39 is 28.7 Å². The fourth-order valence-electron chi connectivity index (χ4n) is 0.943. The molecule has 0 atom stereocenters. The van der Waals surface area contributed by atoms with Gasteiger partial charge in [-0.15, -0.1) is 0 Å². The van der Waals surface area contributed by atoms with E-state index >= 15 is 0 Å². The van der Waals surface area contributed by atoms with Crippen LogP contribution in [0.2, 0.25) is 0 Å². The number of hydrogen-bond donors (Lipinski definition) is 1. The summed E-state index contributed by atoms with van der Waals surface area (Å²) >= 11 is 0. The van der Waals surface area contributed by atoms with Gasteiger partial charge in [-0.1, -0.05) is 0 Å². The molecule has 0 saturated carbocycles. The number of rotatable bonds is 8. The molecule has 0 radical (unpaired) electrons. The molecule has 8 nitrogen and oxygen atoms in total. The molecule has 0 unspecified atom stereocenters. The van der Waals surface area contributed by atoms with Crippen LogP contribution in [0.1, 0.15) is 13.3 Å². The predicted octanol–water partition coefficient (Wildman–Crippen LogP) is -1.12. The maximum absolute atomic E-state index is 11.6. The number of ether oxygens (including phenoxy) is 2. The summed E-state index contributed by atoms with van der Waals surface area (Å²) in [5, 5.41) is 0. The number of carbonyl (C=O) groups excluding carboxylic acids is 2. The molecule has 0 aromatic carbocycles. The van der Waals surface area contributed by atoms with Crippen molar-refractivity contribution in [2.24, 2.45) is 0 Å². The summed E-state index contributed by atoms with van der Waals surface area (Å²) in [6.07, 6.45) is -0.0622. The van der Waals surface area contributed by atoms with Gasteiger partial charge >= 0.3 is 11.9 Å². The van der Waals surface area contributed by atoms with Gasteiger partial charge in [0.1, 0.15) is 6.54 Å². The van der Waals surface area contributed by atoms with Crippen molar-refractivity contribution in [3.63, 3.8) is 0 Å². The molecule has 0 aromatic heterocycles. The van der Waals surface area contributed by atoms with Crippen molar-refractivity contribution in [1.29, 1.82) is 0 Å². The molecule has 0 amide bonds. The van der Waals surface area contributed by atoms with Crippen LogP contribution in [-0.4, -0.2) is 58.5 Å². The van der Waals surface area contributed by atoms with Crippen LogP contribution in [0, 0.1) is 0 Å². The van der Waals surface area contributed by atoms with E-state index in [9.17, 15) is 18.0 Å². The summed E-state index contributed by atoms with van der Waals surface area (Å²) in [7, 11) is -1.30. The van der Waals surface area contributed by atoms with Gasteiger partial charge in [0.2, 0.25) is 0 Å². The van der Waals surface area contributed by atoms with E-state index in [1.807, 2.05) is 0 Å². The van der Waals surface area contributed by atoms with E-state index in [-0.39, 0.29) is 19.6 Å². The van der Waals surface area contributed by atoms with Crippen LogP contribution in [0.15, 0.2) is 0 Å². The molecule has 0 spiro atoms. The minimum atomic E-state index is -3.80. The second-order valence-electron chi connectivity index (χ2n) is 3.28. The Labute approximate surface area is 106 Å². The molecule has 0 bridgehead atoms. The average molecular weight is 282 g/mol. The van der Waals surface area contributed by atoms with Crippen LogP contribution >= 0.6 is 0 Å². The lowest BCUT2D eigenvalue weighted by Crippen LogP contribution is -2.41. The van der Waals surface area contributed by atoms with Crippen molar-refractivity contribution < 1.29 is 27.5 Å². The highest BCUT2D eigenvalue weighted by atomic mass is 32.2. The van der Waals surface area contributed by atoms with Crippen molar-refractivity contribution >= 4 is 22.1 Å². The van der Waals surface area contributed by atoms with Gasteiger partial charge in [-0.3, -0.25) is 9.59 Å². The van der Waals surface area contributed by atoms with Crippen molar-refractivity contribution in [3.05, 3.63) is 0 Å².